The van der Waals surface area contributed by atoms with E-state index in [0.717, 1.165) is 5.75 Å². The lowest BCUT2D eigenvalue weighted by Crippen LogP contribution is -2.29. The lowest BCUT2D eigenvalue weighted by atomic mass is 10.1. The molecule has 0 radical (unpaired) electrons. The van der Waals surface area contributed by atoms with Gasteiger partial charge in [-0.2, -0.15) is 0 Å². The number of hydrogen-bond acceptors (Lipinski definition) is 3. The zero-order valence-corrected chi connectivity index (χ0v) is 9.06. The normalized spacial score (nSPS) is 25.5. The molecule has 1 fully saturated rings. The third-order valence-corrected chi connectivity index (χ3v) is 2.77. The minimum absolute atomic E-state index is 0.230. The first-order valence-electron chi connectivity index (χ1n) is 5.16. The summed E-state index contributed by atoms with van der Waals surface area (Å²) >= 11 is 0. The molecule has 1 aliphatic rings. The molecule has 1 N–H and O–H groups in total. The summed E-state index contributed by atoms with van der Waals surface area (Å²) in [5.74, 6) is 0.799. The van der Waals surface area contributed by atoms with Gasteiger partial charge in [-0.15, -0.1) is 0 Å². The quantitative estimate of drug-likeness (QED) is 0.799. The van der Waals surface area contributed by atoms with Gasteiger partial charge in [-0.1, -0.05) is 6.07 Å². The van der Waals surface area contributed by atoms with E-state index in [4.69, 9.17) is 9.47 Å². The van der Waals surface area contributed by atoms with Crippen LogP contribution in [0.1, 0.15) is 11.1 Å². The molecule has 2 atom stereocenters. The summed E-state index contributed by atoms with van der Waals surface area (Å²) in [7, 11) is 0. The Hall–Kier alpha value is -1.06. The molecule has 1 aromatic rings. The van der Waals surface area contributed by atoms with E-state index >= 15 is 0 Å². The number of aryl methyl sites for hydroxylation is 2. The van der Waals surface area contributed by atoms with Crippen LogP contribution in [0.4, 0.5) is 0 Å². The predicted molar refractivity (Wildman–Crippen MR) is 57.2 cm³/mol. The second-order valence-electron chi connectivity index (χ2n) is 4.01. The van der Waals surface area contributed by atoms with Crippen molar-refractivity contribution in [2.75, 3.05) is 13.2 Å². The maximum absolute atomic E-state index is 9.52. The first kappa shape index (κ1) is 10.5. The van der Waals surface area contributed by atoms with Crippen LogP contribution in [0.15, 0.2) is 18.2 Å². The summed E-state index contributed by atoms with van der Waals surface area (Å²) in [5.41, 5.74) is 2.44. The maximum Gasteiger partial charge on any atom is 0.150 e. The molecule has 1 aromatic carbocycles. The lowest BCUT2D eigenvalue weighted by Gasteiger charge is -2.16. The first-order chi connectivity index (χ1) is 7.16. The van der Waals surface area contributed by atoms with Crippen molar-refractivity contribution in [3.63, 3.8) is 0 Å². The van der Waals surface area contributed by atoms with Crippen molar-refractivity contribution in [3.05, 3.63) is 29.3 Å². The number of hydrogen-bond donors (Lipinski definition) is 1. The lowest BCUT2D eigenvalue weighted by molar-refractivity contribution is 0.0733. The standard InChI is InChI=1S/C12H16O3/c1-8-3-4-10(5-9(8)2)15-12-7-14-6-11(12)13/h3-5,11-13H,6-7H2,1-2H3/t11-,12-/m1/s1. The van der Waals surface area contributed by atoms with E-state index in [-0.39, 0.29) is 6.10 Å². The van der Waals surface area contributed by atoms with Crippen LogP contribution in [0.3, 0.4) is 0 Å². The summed E-state index contributed by atoms with van der Waals surface area (Å²) in [4.78, 5) is 0. The van der Waals surface area contributed by atoms with Gasteiger partial charge >= 0.3 is 0 Å². The molecule has 0 bridgehead atoms. The summed E-state index contributed by atoms with van der Waals surface area (Å²) < 4.78 is 10.8. The Morgan fingerprint density at radius 1 is 1.27 bits per heavy atom. The second kappa shape index (κ2) is 4.21. The van der Waals surface area contributed by atoms with Crippen molar-refractivity contribution in [1.29, 1.82) is 0 Å². The molecule has 0 unspecified atom stereocenters. The molecule has 1 saturated heterocycles. The number of aliphatic hydroxyl groups excluding tert-OH is 1. The molecule has 1 aliphatic heterocycles. The topological polar surface area (TPSA) is 38.7 Å². The highest BCUT2D eigenvalue weighted by Crippen LogP contribution is 2.20. The van der Waals surface area contributed by atoms with E-state index in [1.54, 1.807) is 0 Å². The van der Waals surface area contributed by atoms with Crippen molar-refractivity contribution in [2.24, 2.45) is 0 Å². The molecular formula is C12H16O3. The highest BCUT2D eigenvalue weighted by Gasteiger charge is 2.27. The number of ether oxygens (including phenoxy) is 2. The summed E-state index contributed by atoms with van der Waals surface area (Å²) in [5, 5.41) is 9.52. The Bertz CT molecular complexity index is 349. The SMILES string of the molecule is Cc1ccc(O[C@@H]2COC[C@H]2O)cc1C. The molecule has 3 nitrogen and oxygen atoms in total. The van der Waals surface area contributed by atoms with Gasteiger partial charge in [-0.05, 0) is 37.1 Å². The van der Waals surface area contributed by atoms with Gasteiger partial charge in [0.05, 0.1) is 13.2 Å². The molecule has 0 saturated carbocycles. The predicted octanol–water partition coefficient (Wildman–Crippen LogP) is 1.44. The molecule has 0 aromatic heterocycles. The van der Waals surface area contributed by atoms with Gasteiger partial charge in [0.2, 0.25) is 0 Å². The molecule has 1 heterocycles. The largest absolute Gasteiger partial charge is 0.485 e. The smallest absolute Gasteiger partial charge is 0.150 e. The van der Waals surface area contributed by atoms with Crippen LogP contribution in [0.5, 0.6) is 5.75 Å². The third kappa shape index (κ3) is 2.30. The van der Waals surface area contributed by atoms with E-state index in [1.165, 1.54) is 11.1 Å². The monoisotopic (exact) mass is 208 g/mol. The van der Waals surface area contributed by atoms with Crippen molar-refractivity contribution >= 4 is 0 Å². The van der Waals surface area contributed by atoms with Gasteiger partial charge < -0.3 is 14.6 Å². The second-order valence-corrected chi connectivity index (χ2v) is 4.01. The van der Waals surface area contributed by atoms with E-state index in [2.05, 4.69) is 6.92 Å². The minimum atomic E-state index is -0.508. The van der Waals surface area contributed by atoms with Crippen LogP contribution < -0.4 is 4.74 Å². The molecule has 0 spiro atoms. The molecule has 0 aliphatic carbocycles. The van der Waals surface area contributed by atoms with E-state index in [1.807, 2.05) is 25.1 Å². The molecule has 82 valence electrons. The highest BCUT2D eigenvalue weighted by atomic mass is 16.6. The van der Waals surface area contributed by atoms with Crippen molar-refractivity contribution < 1.29 is 14.6 Å². The number of benzene rings is 1. The Morgan fingerprint density at radius 3 is 2.67 bits per heavy atom. The van der Waals surface area contributed by atoms with Gasteiger partial charge in [0.25, 0.3) is 0 Å². The Morgan fingerprint density at radius 2 is 2.07 bits per heavy atom. The summed E-state index contributed by atoms with van der Waals surface area (Å²) in [6.45, 7) is 4.94. The molecule has 0 amide bonds. The minimum Gasteiger partial charge on any atom is -0.485 e. The fraction of sp³-hybridized carbons (Fsp3) is 0.500. The van der Waals surface area contributed by atoms with E-state index in [0.29, 0.717) is 13.2 Å². The molecular weight excluding hydrogens is 192 g/mol. The van der Waals surface area contributed by atoms with Crippen LogP contribution in [-0.2, 0) is 4.74 Å². The number of rotatable bonds is 2. The Balaban J connectivity index is 2.07. The maximum atomic E-state index is 9.52. The Kier molecular flexibility index (Phi) is 2.93. The van der Waals surface area contributed by atoms with Gasteiger partial charge in [-0.3, -0.25) is 0 Å². The van der Waals surface area contributed by atoms with E-state index in [9.17, 15) is 5.11 Å². The number of aliphatic hydroxyl groups is 1. The van der Waals surface area contributed by atoms with Gasteiger partial charge in [0.15, 0.2) is 0 Å². The average molecular weight is 208 g/mol. The van der Waals surface area contributed by atoms with Crippen molar-refractivity contribution in [2.45, 2.75) is 26.1 Å². The van der Waals surface area contributed by atoms with Crippen LogP contribution in [0, 0.1) is 13.8 Å². The summed E-state index contributed by atoms with van der Waals surface area (Å²) in [6, 6.07) is 5.93. The fourth-order valence-corrected chi connectivity index (χ4v) is 1.60. The zero-order valence-electron chi connectivity index (χ0n) is 9.06. The van der Waals surface area contributed by atoms with Crippen molar-refractivity contribution in [3.8, 4) is 5.75 Å². The van der Waals surface area contributed by atoms with Crippen LogP contribution in [-0.4, -0.2) is 30.5 Å². The molecule has 15 heavy (non-hydrogen) atoms. The van der Waals surface area contributed by atoms with Crippen molar-refractivity contribution in [1.82, 2.24) is 0 Å². The molecule has 3 heteroatoms. The van der Waals surface area contributed by atoms with Crippen LogP contribution >= 0.6 is 0 Å². The van der Waals surface area contributed by atoms with Crippen LogP contribution in [0.25, 0.3) is 0 Å². The fourth-order valence-electron chi connectivity index (χ4n) is 1.60. The molecule has 2 rings (SSSR count). The third-order valence-electron chi connectivity index (χ3n) is 2.77. The Labute approximate surface area is 89.6 Å². The van der Waals surface area contributed by atoms with Gasteiger partial charge in [-0.25, -0.2) is 0 Å². The summed E-state index contributed by atoms with van der Waals surface area (Å²) in [6.07, 6.45) is -0.737. The van der Waals surface area contributed by atoms with Gasteiger partial charge in [0, 0.05) is 0 Å². The first-order valence-corrected chi connectivity index (χ1v) is 5.16. The zero-order chi connectivity index (χ0) is 10.8. The van der Waals surface area contributed by atoms with E-state index < -0.39 is 6.10 Å². The highest BCUT2D eigenvalue weighted by molar-refractivity contribution is 5.34. The van der Waals surface area contributed by atoms with Gasteiger partial charge in [0.1, 0.15) is 18.0 Å². The average Bonchev–Trinajstić information content (AvgIpc) is 2.59. The van der Waals surface area contributed by atoms with Crippen LogP contribution in [0.2, 0.25) is 0 Å².